The number of rotatable bonds is 2. The van der Waals surface area contributed by atoms with Gasteiger partial charge in [-0.15, -0.1) is 0 Å². The lowest BCUT2D eigenvalue weighted by molar-refractivity contribution is -0.133. The van der Waals surface area contributed by atoms with Crippen LogP contribution < -0.4 is 5.32 Å². The monoisotopic (exact) mass is 231 g/mol. The molecule has 3 heterocycles. The number of carbonyl (C=O) groups excluding carboxylic acids is 1. The Kier molecular flexibility index (Phi) is 2.91. The minimum Gasteiger partial charge on any atom is -0.315 e. The standard InChI is InChI=1S/C13H17N3O/c17-13-10-5-14-6-11(13)8-16(7-10)9-12-3-1-2-4-15-12/h1-4,10-11,14H,5-9H2. The second kappa shape index (κ2) is 4.55. The van der Waals surface area contributed by atoms with Crippen molar-refractivity contribution in [3.8, 4) is 0 Å². The Morgan fingerprint density at radius 2 is 2.06 bits per heavy atom. The number of nitrogens with zero attached hydrogens (tertiary/aromatic N) is 2. The quantitative estimate of drug-likeness (QED) is 0.795. The van der Waals surface area contributed by atoms with Crippen LogP contribution in [0.25, 0.3) is 0 Å². The van der Waals surface area contributed by atoms with E-state index in [2.05, 4.69) is 15.2 Å². The minimum absolute atomic E-state index is 0.186. The number of Topliss-reactive ketones (excluding diaryl/α,β-unsaturated/α-hetero) is 1. The molecule has 0 aromatic carbocycles. The third kappa shape index (κ3) is 2.23. The molecule has 2 saturated heterocycles. The van der Waals surface area contributed by atoms with E-state index in [9.17, 15) is 4.79 Å². The van der Waals surface area contributed by atoms with Gasteiger partial charge in [0, 0.05) is 50.8 Å². The fraction of sp³-hybridized carbons (Fsp3) is 0.538. The number of likely N-dealkylation sites (tertiary alicyclic amines) is 1. The lowest BCUT2D eigenvalue weighted by Crippen LogP contribution is -2.56. The fourth-order valence-corrected chi connectivity index (χ4v) is 2.82. The number of fused-ring (bicyclic) bond motifs is 2. The van der Waals surface area contributed by atoms with Crippen molar-refractivity contribution in [2.45, 2.75) is 6.54 Å². The van der Waals surface area contributed by atoms with Gasteiger partial charge >= 0.3 is 0 Å². The van der Waals surface area contributed by atoms with Crippen molar-refractivity contribution in [2.75, 3.05) is 26.2 Å². The molecule has 4 heteroatoms. The lowest BCUT2D eigenvalue weighted by atomic mass is 9.84. The predicted molar refractivity (Wildman–Crippen MR) is 64.4 cm³/mol. The number of pyridine rings is 1. The van der Waals surface area contributed by atoms with Gasteiger partial charge in [-0.05, 0) is 12.1 Å². The molecule has 0 radical (unpaired) electrons. The Balaban J connectivity index is 1.68. The summed E-state index contributed by atoms with van der Waals surface area (Å²) in [6.07, 6.45) is 1.83. The first kappa shape index (κ1) is 10.9. The SMILES string of the molecule is O=C1C2CNCC1CN(Cc1ccccn1)C2. The second-order valence-corrected chi connectivity index (χ2v) is 4.97. The zero-order chi connectivity index (χ0) is 11.7. The maximum absolute atomic E-state index is 11.9. The van der Waals surface area contributed by atoms with Crippen LogP contribution in [0.15, 0.2) is 24.4 Å². The van der Waals surface area contributed by atoms with Gasteiger partial charge in [-0.2, -0.15) is 0 Å². The fourth-order valence-electron chi connectivity index (χ4n) is 2.82. The largest absolute Gasteiger partial charge is 0.315 e. The van der Waals surface area contributed by atoms with Crippen molar-refractivity contribution in [1.29, 1.82) is 0 Å². The molecule has 3 rings (SSSR count). The summed E-state index contributed by atoms with van der Waals surface area (Å²) >= 11 is 0. The molecule has 2 aliphatic heterocycles. The minimum atomic E-state index is 0.186. The smallest absolute Gasteiger partial charge is 0.144 e. The third-order valence-corrected chi connectivity index (χ3v) is 3.66. The Hall–Kier alpha value is -1.26. The van der Waals surface area contributed by atoms with Crippen LogP contribution >= 0.6 is 0 Å². The van der Waals surface area contributed by atoms with Crippen molar-refractivity contribution in [3.05, 3.63) is 30.1 Å². The van der Waals surface area contributed by atoms with Crippen molar-refractivity contribution < 1.29 is 4.79 Å². The number of aromatic nitrogens is 1. The number of carbonyl (C=O) groups is 1. The van der Waals surface area contributed by atoms with Gasteiger partial charge in [0.2, 0.25) is 0 Å². The summed E-state index contributed by atoms with van der Waals surface area (Å²) in [7, 11) is 0. The van der Waals surface area contributed by atoms with E-state index in [-0.39, 0.29) is 11.8 Å². The summed E-state index contributed by atoms with van der Waals surface area (Å²) in [4.78, 5) is 18.6. The zero-order valence-electron chi connectivity index (χ0n) is 9.80. The van der Waals surface area contributed by atoms with E-state index in [1.165, 1.54) is 0 Å². The highest BCUT2D eigenvalue weighted by atomic mass is 16.1. The van der Waals surface area contributed by atoms with Gasteiger partial charge in [0.05, 0.1) is 5.69 Å². The molecule has 0 saturated carbocycles. The molecule has 0 amide bonds. The number of piperidine rings is 2. The molecule has 0 aliphatic carbocycles. The zero-order valence-corrected chi connectivity index (χ0v) is 9.80. The van der Waals surface area contributed by atoms with E-state index in [1.54, 1.807) is 0 Å². The molecule has 1 N–H and O–H groups in total. The highest BCUT2D eigenvalue weighted by molar-refractivity contribution is 5.85. The number of hydrogen-bond donors (Lipinski definition) is 1. The van der Waals surface area contributed by atoms with E-state index in [4.69, 9.17) is 0 Å². The summed E-state index contributed by atoms with van der Waals surface area (Å²) in [5.41, 5.74) is 1.09. The van der Waals surface area contributed by atoms with Crippen molar-refractivity contribution in [3.63, 3.8) is 0 Å². The maximum atomic E-state index is 11.9. The van der Waals surface area contributed by atoms with Gasteiger partial charge in [-0.3, -0.25) is 14.7 Å². The number of hydrogen-bond acceptors (Lipinski definition) is 4. The van der Waals surface area contributed by atoms with Gasteiger partial charge in [0.15, 0.2) is 0 Å². The topological polar surface area (TPSA) is 45.2 Å². The summed E-state index contributed by atoms with van der Waals surface area (Å²) in [5, 5.41) is 3.34. The molecular formula is C13H17N3O. The lowest BCUT2D eigenvalue weighted by Gasteiger charge is -2.40. The Morgan fingerprint density at radius 3 is 2.71 bits per heavy atom. The van der Waals surface area contributed by atoms with Crippen LogP contribution in [0.1, 0.15) is 5.69 Å². The van der Waals surface area contributed by atoms with E-state index < -0.39 is 0 Å². The first-order chi connectivity index (χ1) is 8.33. The van der Waals surface area contributed by atoms with Gasteiger partial charge in [0.1, 0.15) is 5.78 Å². The maximum Gasteiger partial charge on any atom is 0.144 e. The number of ketones is 1. The van der Waals surface area contributed by atoms with Crippen LogP contribution in [0.2, 0.25) is 0 Å². The van der Waals surface area contributed by atoms with Crippen LogP contribution in [0, 0.1) is 11.8 Å². The van der Waals surface area contributed by atoms with Crippen LogP contribution in [0.5, 0.6) is 0 Å². The van der Waals surface area contributed by atoms with Crippen molar-refractivity contribution in [2.24, 2.45) is 11.8 Å². The molecule has 2 atom stereocenters. The average molecular weight is 231 g/mol. The van der Waals surface area contributed by atoms with E-state index in [0.29, 0.717) is 5.78 Å². The van der Waals surface area contributed by atoms with E-state index in [1.807, 2.05) is 24.4 Å². The molecular weight excluding hydrogens is 214 g/mol. The Bertz CT molecular complexity index is 390. The van der Waals surface area contributed by atoms with Crippen LogP contribution in [-0.2, 0) is 11.3 Å². The molecule has 1 aromatic rings. The van der Waals surface area contributed by atoms with Gasteiger partial charge in [-0.25, -0.2) is 0 Å². The highest BCUT2D eigenvalue weighted by Gasteiger charge is 2.37. The predicted octanol–water partition coefficient (Wildman–Crippen LogP) is 0.302. The number of nitrogens with one attached hydrogen (secondary N) is 1. The summed E-state index contributed by atoms with van der Waals surface area (Å²) in [6.45, 7) is 4.29. The summed E-state index contributed by atoms with van der Waals surface area (Å²) in [5.74, 6) is 0.832. The normalized spacial score (nSPS) is 29.3. The molecule has 4 nitrogen and oxygen atoms in total. The van der Waals surface area contributed by atoms with E-state index >= 15 is 0 Å². The van der Waals surface area contributed by atoms with Gasteiger partial charge in [-0.1, -0.05) is 6.07 Å². The highest BCUT2D eigenvalue weighted by Crippen LogP contribution is 2.22. The third-order valence-electron chi connectivity index (χ3n) is 3.66. The molecule has 17 heavy (non-hydrogen) atoms. The molecule has 90 valence electrons. The van der Waals surface area contributed by atoms with Crippen LogP contribution in [0.4, 0.5) is 0 Å². The van der Waals surface area contributed by atoms with Crippen LogP contribution in [0.3, 0.4) is 0 Å². The molecule has 2 bridgehead atoms. The Morgan fingerprint density at radius 1 is 1.29 bits per heavy atom. The summed E-state index contributed by atoms with van der Waals surface area (Å²) < 4.78 is 0. The molecule has 2 aliphatic rings. The van der Waals surface area contributed by atoms with Crippen molar-refractivity contribution >= 4 is 5.78 Å². The Labute approximate surface area is 101 Å². The first-order valence-electron chi connectivity index (χ1n) is 6.19. The molecule has 2 fully saturated rings. The second-order valence-electron chi connectivity index (χ2n) is 4.97. The van der Waals surface area contributed by atoms with Crippen molar-refractivity contribution in [1.82, 2.24) is 15.2 Å². The molecule has 1 aromatic heterocycles. The first-order valence-corrected chi connectivity index (χ1v) is 6.19. The van der Waals surface area contributed by atoms with E-state index in [0.717, 1.165) is 38.4 Å². The summed E-state index contributed by atoms with van der Waals surface area (Å²) in [6, 6.07) is 5.99. The van der Waals surface area contributed by atoms with Gasteiger partial charge < -0.3 is 5.32 Å². The van der Waals surface area contributed by atoms with Crippen LogP contribution in [-0.4, -0.2) is 41.8 Å². The molecule has 2 unspecified atom stereocenters. The van der Waals surface area contributed by atoms with Gasteiger partial charge in [0.25, 0.3) is 0 Å². The average Bonchev–Trinajstić information content (AvgIpc) is 2.32. The molecule has 0 spiro atoms.